The van der Waals surface area contributed by atoms with Crippen molar-refractivity contribution in [2.45, 2.75) is 0 Å². The van der Waals surface area contributed by atoms with Crippen molar-refractivity contribution >= 4 is 10.9 Å². The summed E-state index contributed by atoms with van der Waals surface area (Å²) < 4.78 is 18.1. The maximum Gasteiger partial charge on any atom is 0.136 e. The number of aromatic nitrogens is 1. The third kappa shape index (κ3) is 0.942. The van der Waals surface area contributed by atoms with E-state index in [1.165, 1.54) is 13.2 Å². The highest BCUT2D eigenvalue weighted by atomic mass is 19.1. The molecule has 1 N–H and O–H groups in total. The molecule has 0 fully saturated rings. The van der Waals surface area contributed by atoms with Crippen LogP contribution >= 0.6 is 0 Å². The Morgan fingerprint density at radius 1 is 1.42 bits per heavy atom. The van der Waals surface area contributed by atoms with Crippen LogP contribution in [0, 0.1) is 5.82 Å². The number of halogens is 1. The van der Waals surface area contributed by atoms with Gasteiger partial charge in [-0.2, -0.15) is 0 Å². The average molecular weight is 165 g/mol. The Hall–Kier alpha value is -1.51. The maximum atomic E-state index is 13.2. The van der Waals surface area contributed by atoms with Crippen molar-refractivity contribution in [3.8, 4) is 5.75 Å². The molecule has 2 nitrogen and oxygen atoms in total. The lowest BCUT2D eigenvalue weighted by atomic mass is 10.2. The fourth-order valence-corrected chi connectivity index (χ4v) is 1.21. The zero-order valence-electron chi connectivity index (χ0n) is 6.60. The van der Waals surface area contributed by atoms with E-state index in [2.05, 4.69) is 4.98 Å². The molecule has 0 spiro atoms. The van der Waals surface area contributed by atoms with Crippen LogP contribution in [0.3, 0.4) is 0 Å². The number of nitrogens with one attached hydrogen (secondary N) is 1. The molecule has 0 saturated heterocycles. The monoisotopic (exact) mass is 165 g/mol. The Balaban J connectivity index is 2.75. The number of benzene rings is 1. The highest BCUT2D eigenvalue weighted by molar-refractivity contribution is 5.81. The summed E-state index contributed by atoms with van der Waals surface area (Å²) >= 11 is 0. The van der Waals surface area contributed by atoms with E-state index in [-0.39, 0.29) is 5.82 Å². The van der Waals surface area contributed by atoms with Crippen molar-refractivity contribution in [1.29, 1.82) is 0 Å². The van der Waals surface area contributed by atoms with Gasteiger partial charge in [0.2, 0.25) is 0 Å². The van der Waals surface area contributed by atoms with E-state index in [1.807, 2.05) is 0 Å². The van der Waals surface area contributed by atoms with Gasteiger partial charge in [0, 0.05) is 23.7 Å². The molecule has 1 heterocycles. The summed E-state index contributed by atoms with van der Waals surface area (Å²) in [6.45, 7) is 0. The van der Waals surface area contributed by atoms with Gasteiger partial charge in [0.15, 0.2) is 0 Å². The second kappa shape index (κ2) is 2.52. The van der Waals surface area contributed by atoms with Crippen molar-refractivity contribution < 1.29 is 9.13 Å². The molecular formula is C9H8FNO. The van der Waals surface area contributed by atoms with Gasteiger partial charge in [-0.1, -0.05) is 0 Å². The molecule has 0 aliphatic rings. The zero-order valence-corrected chi connectivity index (χ0v) is 6.60. The second-order valence-corrected chi connectivity index (χ2v) is 2.55. The number of H-pyrrole nitrogens is 1. The molecule has 3 heteroatoms. The van der Waals surface area contributed by atoms with E-state index >= 15 is 0 Å². The van der Waals surface area contributed by atoms with Gasteiger partial charge in [-0.15, -0.1) is 0 Å². The lowest BCUT2D eigenvalue weighted by Gasteiger charge is -1.99. The standard InChI is InChI=1S/C9H8FNO/c1-12-6-4-8(10)7-2-3-11-9(7)5-6/h2-5,11H,1H3. The number of rotatable bonds is 1. The van der Waals surface area contributed by atoms with E-state index in [1.54, 1.807) is 18.3 Å². The van der Waals surface area contributed by atoms with E-state index in [4.69, 9.17) is 4.74 Å². The quantitative estimate of drug-likeness (QED) is 0.689. The van der Waals surface area contributed by atoms with Gasteiger partial charge in [0.25, 0.3) is 0 Å². The molecule has 2 aromatic rings. The van der Waals surface area contributed by atoms with Crippen LogP contribution in [-0.2, 0) is 0 Å². The first-order chi connectivity index (χ1) is 5.81. The highest BCUT2D eigenvalue weighted by Crippen LogP contribution is 2.22. The molecule has 1 aromatic heterocycles. The average Bonchev–Trinajstić information content (AvgIpc) is 2.52. The molecule has 0 unspecified atom stereocenters. The first-order valence-electron chi connectivity index (χ1n) is 3.62. The van der Waals surface area contributed by atoms with Crippen LogP contribution < -0.4 is 4.74 Å². The van der Waals surface area contributed by atoms with Crippen LogP contribution in [0.25, 0.3) is 10.9 Å². The molecule has 0 atom stereocenters. The van der Waals surface area contributed by atoms with Crippen molar-refractivity contribution in [1.82, 2.24) is 4.98 Å². The van der Waals surface area contributed by atoms with E-state index in [9.17, 15) is 4.39 Å². The fraction of sp³-hybridized carbons (Fsp3) is 0.111. The molecule has 2 rings (SSSR count). The van der Waals surface area contributed by atoms with Crippen LogP contribution in [0.1, 0.15) is 0 Å². The number of aromatic amines is 1. The predicted octanol–water partition coefficient (Wildman–Crippen LogP) is 2.32. The summed E-state index contributed by atoms with van der Waals surface area (Å²) in [7, 11) is 1.52. The largest absolute Gasteiger partial charge is 0.497 e. The first-order valence-corrected chi connectivity index (χ1v) is 3.62. The minimum absolute atomic E-state index is 0.259. The van der Waals surface area contributed by atoms with Gasteiger partial charge in [-0.3, -0.25) is 0 Å². The molecule has 0 bridgehead atoms. The molecule has 12 heavy (non-hydrogen) atoms. The summed E-state index contributed by atoms with van der Waals surface area (Å²) in [6.07, 6.45) is 1.70. The highest BCUT2D eigenvalue weighted by Gasteiger charge is 2.03. The topological polar surface area (TPSA) is 25.0 Å². The van der Waals surface area contributed by atoms with Crippen LogP contribution in [0.15, 0.2) is 24.4 Å². The minimum Gasteiger partial charge on any atom is -0.497 e. The normalized spacial score (nSPS) is 10.5. The van der Waals surface area contributed by atoms with Crippen LogP contribution in [0.4, 0.5) is 4.39 Å². The van der Waals surface area contributed by atoms with Gasteiger partial charge in [0.1, 0.15) is 11.6 Å². The molecule has 0 aliphatic heterocycles. The molecule has 0 amide bonds. The Kier molecular flexibility index (Phi) is 1.50. The lowest BCUT2D eigenvalue weighted by molar-refractivity contribution is 0.412. The summed E-state index contributed by atoms with van der Waals surface area (Å²) in [5, 5.41) is 0.593. The smallest absolute Gasteiger partial charge is 0.136 e. The van der Waals surface area contributed by atoms with Gasteiger partial charge in [0.05, 0.1) is 12.6 Å². The number of fused-ring (bicyclic) bond motifs is 1. The zero-order chi connectivity index (χ0) is 8.55. The van der Waals surface area contributed by atoms with Gasteiger partial charge >= 0.3 is 0 Å². The molecular weight excluding hydrogens is 157 g/mol. The Morgan fingerprint density at radius 2 is 2.25 bits per heavy atom. The number of methoxy groups -OCH3 is 1. The van der Waals surface area contributed by atoms with E-state index in [0.29, 0.717) is 11.1 Å². The fourth-order valence-electron chi connectivity index (χ4n) is 1.21. The van der Waals surface area contributed by atoms with Crippen molar-refractivity contribution in [3.63, 3.8) is 0 Å². The summed E-state index contributed by atoms with van der Waals surface area (Å²) in [4.78, 5) is 2.92. The number of ether oxygens (including phenoxy) is 1. The van der Waals surface area contributed by atoms with E-state index < -0.39 is 0 Å². The third-order valence-electron chi connectivity index (χ3n) is 1.83. The second-order valence-electron chi connectivity index (χ2n) is 2.55. The van der Waals surface area contributed by atoms with E-state index in [0.717, 1.165) is 5.52 Å². The molecule has 1 aromatic carbocycles. The molecule has 0 saturated carbocycles. The van der Waals surface area contributed by atoms with Gasteiger partial charge < -0.3 is 9.72 Å². The Labute approximate surface area is 69.0 Å². The Bertz CT molecular complexity index is 408. The van der Waals surface area contributed by atoms with Crippen molar-refractivity contribution in [2.75, 3.05) is 7.11 Å². The SMILES string of the molecule is COc1cc(F)c2cc[nH]c2c1. The third-order valence-corrected chi connectivity index (χ3v) is 1.83. The van der Waals surface area contributed by atoms with Crippen molar-refractivity contribution in [3.05, 3.63) is 30.2 Å². The maximum absolute atomic E-state index is 13.2. The van der Waals surface area contributed by atoms with Crippen LogP contribution in [-0.4, -0.2) is 12.1 Å². The van der Waals surface area contributed by atoms with Crippen molar-refractivity contribution in [2.24, 2.45) is 0 Å². The summed E-state index contributed by atoms with van der Waals surface area (Å²) in [5.41, 5.74) is 0.756. The summed E-state index contributed by atoms with van der Waals surface area (Å²) in [6, 6.07) is 4.83. The van der Waals surface area contributed by atoms with Crippen LogP contribution in [0.2, 0.25) is 0 Å². The molecule has 62 valence electrons. The van der Waals surface area contributed by atoms with Gasteiger partial charge in [-0.05, 0) is 6.07 Å². The van der Waals surface area contributed by atoms with Crippen LogP contribution in [0.5, 0.6) is 5.75 Å². The summed E-state index contributed by atoms with van der Waals surface area (Å²) in [5.74, 6) is 0.271. The predicted molar refractivity (Wildman–Crippen MR) is 44.8 cm³/mol. The molecule has 0 aliphatic carbocycles. The lowest BCUT2D eigenvalue weighted by Crippen LogP contribution is -1.84. The Morgan fingerprint density at radius 3 is 3.00 bits per heavy atom. The minimum atomic E-state index is -0.259. The number of hydrogen-bond donors (Lipinski definition) is 1. The van der Waals surface area contributed by atoms with Gasteiger partial charge in [-0.25, -0.2) is 4.39 Å². The molecule has 0 radical (unpaired) electrons. The number of hydrogen-bond acceptors (Lipinski definition) is 1. The first kappa shape index (κ1) is 7.16.